The number of para-hydroxylation sites is 3. The van der Waals surface area contributed by atoms with Gasteiger partial charge in [0.05, 0.1) is 12.1 Å². The first-order valence-electron chi connectivity index (χ1n) is 9.30. The highest BCUT2D eigenvalue weighted by atomic mass is 16.2. The molecule has 28 heavy (non-hydrogen) atoms. The molecule has 0 bridgehead atoms. The van der Waals surface area contributed by atoms with Crippen LogP contribution in [0, 0.1) is 0 Å². The molecular formula is C23H21N3O2. The topological polar surface area (TPSA) is 61.4 Å². The van der Waals surface area contributed by atoms with Crippen molar-refractivity contribution in [1.29, 1.82) is 0 Å². The Balaban J connectivity index is 1.44. The van der Waals surface area contributed by atoms with Crippen molar-refractivity contribution >= 4 is 28.9 Å². The maximum absolute atomic E-state index is 12.7. The Bertz CT molecular complexity index is 1000. The van der Waals surface area contributed by atoms with Crippen molar-refractivity contribution in [3.8, 4) is 0 Å². The van der Waals surface area contributed by atoms with Gasteiger partial charge in [-0.2, -0.15) is 0 Å². The minimum Gasteiger partial charge on any atom is -0.375 e. The van der Waals surface area contributed by atoms with Gasteiger partial charge in [-0.05, 0) is 42.3 Å². The Morgan fingerprint density at radius 2 is 1.57 bits per heavy atom. The molecule has 5 nitrogen and oxygen atoms in total. The van der Waals surface area contributed by atoms with Crippen LogP contribution in [0.2, 0.25) is 0 Å². The highest BCUT2D eigenvalue weighted by Gasteiger charge is 2.24. The number of rotatable bonds is 5. The molecule has 4 rings (SSSR count). The molecule has 0 unspecified atom stereocenters. The van der Waals surface area contributed by atoms with Crippen LogP contribution in [0.15, 0.2) is 78.9 Å². The first kappa shape index (κ1) is 17.8. The molecule has 3 aromatic rings. The Morgan fingerprint density at radius 1 is 0.857 bits per heavy atom. The fourth-order valence-electron chi connectivity index (χ4n) is 3.42. The third kappa shape index (κ3) is 3.74. The smallest absolute Gasteiger partial charge is 0.257 e. The molecule has 1 heterocycles. The first-order chi connectivity index (χ1) is 13.7. The van der Waals surface area contributed by atoms with Gasteiger partial charge in [-0.15, -0.1) is 0 Å². The van der Waals surface area contributed by atoms with Gasteiger partial charge in [0.1, 0.15) is 0 Å². The predicted octanol–water partition coefficient (Wildman–Crippen LogP) is 3.94. The van der Waals surface area contributed by atoms with Gasteiger partial charge in [0.15, 0.2) is 0 Å². The van der Waals surface area contributed by atoms with Gasteiger partial charge in [0.2, 0.25) is 5.91 Å². The van der Waals surface area contributed by atoms with Crippen molar-refractivity contribution in [3.63, 3.8) is 0 Å². The Hall–Kier alpha value is -3.60. The number of anilines is 3. The summed E-state index contributed by atoms with van der Waals surface area (Å²) >= 11 is 0. The quantitative estimate of drug-likeness (QED) is 0.714. The van der Waals surface area contributed by atoms with Crippen LogP contribution >= 0.6 is 0 Å². The molecule has 140 valence electrons. The van der Waals surface area contributed by atoms with Crippen LogP contribution < -0.4 is 15.5 Å². The molecule has 3 aromatic carbocycles. The van der Waals surface area contributed by atoms with E-state index in [4.69, 9.17) is 0 Å². The molecule has 1 aliphatic rings. The number of carbonyl (C=O) groups excluding carboxylic acids is 2. The van der Waals surface area contributed by atoms with Gasteiger partial charge in [0.25, 0.3) is 5.91 Å². The monoisotopic (exact) mass is 371 g/mol. The molecule has 0 spiro atoms. The van der Waals surface area contributed by atoms with Crippen molar-refractivity contribution in [2.75, 3.05) is 28.6 Å². The molecular weight excluding hydrogens is 350 g/mol. The van der Waals surface area contributed by atoms with Crippen LogP contribution in [0.5, 0.6) is 0 Å². The highest BCUT2D eigenvalue weighted by Crippen LogP contribution is 2.27. The summed E-state index contributed by atoms with van der Waals surface area (Å²) < 4.78 is 0. The number of amides is 2. The van der Waals surface area contributed by atoms with Gasteiger partial charge in [0, 0.05) is 23.6 Å². The Kier molecular flexibility index (Phi) is 5.06. The number of benzene rings is 3. The van der Waals surface area contributed by atoms with E-state index in [0.717, 1.165) is 17.8 Å². The van der Waals surface area contributed by atoms with Gasteiger partial charge in [-0.3, -0.25) is 9.59 Å². The van der Waals surface area contributed by atoms with E-state index < -0.39 is 0 Å². The van der Waals surface area contributed by atoms with Gasteiger partial charge >= 0.3 is 0 Å². The molecule has 0 aromatic heterocycles. The van der Waals surface area contributed by atoms with Crippen molar-refractivity contribution in [1.82, 2.24) is 0 Å². The summed E-state index contributed by atoms with van der Waals surface area (Å²) in [7, 11) is 0. The first-order valence-corrected chi connectivity index (χ1v) is 9.30. The minimum atomic E-state index is -0.215. The summed E-state index contributed by atoms with van der Waals surface area (Å²) in [6.07, 6.45) is 0.873. The van der Waals surface area contributed by atoms with Crippen LogP contribution in [0.4, 0.5) is 17.1 Å². The van der Waals surface area contributed by atoms with Gasteiger partial charge in [-0.1, -0.05) is 48.5 Å². The normalized spacial score (nSPS) is 12.4. The standard InChI is InChI=1S/C23H21N3O2/c27-22(26-15-14-17-8-4-7-13-21(17)26)16-24-20-12-6-5-11-19(20)23(28)25-18-9-2-1-3-10-18/h1-13,24H,14-16H2,(H,25,28). The molecule has 1 aliphatic heterocycles. The van der Waals surface area contributed by atoms with Crippen molar-refractivity contribution < 1.29 is 9.59 Å². The number of nitrogens with zero attached hydrogens (tertiary/aromatic N) is 1. The van der Waals surface area contributed by atoms with E-state index in [9.17, 15) is 9.59 Å². The SMILES string of the molecule is O=C(Nc1ccccc1)c1ccccc1NCC(=O)N1CCc2ccccc21. The van der Waals surface area contributed by atoms with E-state index in [-0.39, 0.29) is 18.4 Å². The predicted molar refractivity (Wildman–Crippen MR) is 112 cm³/mol. The lowest BCUT2D eigenvalue weighted by molar-refractivity contribution is -0.116. The van der Waals surface area contributed by atoms with E-state index in [0.29, 0.717) is 17.8 Å². The van der Waals surface area contributed by atoms with Crippen molar-refractivity contribution in [3.05, 3.63) is 90.0 Å². The number of hydrogen-bond acceptors (Lipinski definition) is 3. The Morgan fingerprint density at radius 3 is 2.43 bits per heavy atom. The molecule has 0 saturated heterocycles. The van der Waals surface area contributed by atoms with Gasteiger partial charge in [-0.25, -0.2) is 0 Å². The zero-order valence-electron chi connectivity index (χ0n) is 15.4. The van der Waals surface area contributed by atoms with Crippen LogP contribution in [0.25, 0.3) is 0 Å². The van der Waals surface area contributed by atoms with E-state index in [1.54, 1.807) is 11.0 Å². The molecule has 5 heteroatoms. The van der Waals surface area contributed by atoms with E-state index in [2.05, 4.69) is 16.7 Å². The zero-order valence-corrected chi connectivity index (χ0v) is 15.4. The lowest BCUT2D eigenvalue weighted by Gasteiger charge is -2.19. The van der Waals surface area contributed by atoms with Crippen LogP contribution in [-0.2, 0) is 11.2 Å². The second kappa shape index (κ2) is 7.96. The zero-order chi connectivity index (χ0) is 19.3. The molecule has 2 N–H and O–H groups in total. The molecule has 0 atom stereocenters. The highest BCUT2D eigenvalue weighted by molar-refractivity contribution is 6.08. The van der Waals surface area contributed by atoms with E-state index in [1.807, 2.05) is 66.7 Å². The third-order valence-corrected chi connectivity index (χ3v) is 4.82. The summed E-state index contributed by atoms with van der Waals surface area (Å²) in [4.78, 5) is 27.2. The van der Waals surface area contributed by atoms with Crippen molar-refractivity contribution in [2.24, 2.45) is 0 Å². The summed E-state index contributed by atoms with van der Waals surface area (Å²) in [6.45, 7) is 0.819. The molecule has 0 radical (unpaired) electrons. The average Bonchev–Trinajstić information content (AvgIpc) is 3.17. The largest absolute Gasteiger partial charge is 0.375 e. The fraction of sp³-hybridized carbons (Fsp3) is 0.130. The maximum Gasteiger partial charge on any atom is 0.257 e. The van der Waals surface area contributed by atoms with E-state index in [1.165, 1.54) is 5.56 Å². The lowest BCUT2D eigenvalue weighted by atomic mass is 10.1. The maximum atomic E-state index is 12.7. The number of nitrogens with one attached hydrogen (secondary N) is 2. The van der Waals surface area contributed by atoms with Crippen LogP contribution in [-0.4, -0.2) is 24.9 Å². The van der Waals surface area contributed by atoms with Gasteiger partial charge < -0.3 is 15.5 Å². The summed E-state index contributed by atoms with van der Waals surface area (Å²) in [6, 6.07) is 24.5. The second-order valence-corrected chi connectivity index (χ2v) is 6.64. The fourth-order valence-corrected chi connectivity index (χ4v) is 3.42. The number of hydrogen-bond donors (Lipinski definition) is 2. The minimum absolute atomic E-state index is 0.0109. The number of fused-ring (bicyclic) bond motifs is 1. The molecule has 2 amide bonds. The summed E-state index contributed by atoms with van der Waals surface area (Å²) in [5.41, 5.74) is 4.03. The van der Waals surface area contributed by atoms with Crippen molar-refractivity contribution in [2.45, 2.75) is 6.42 Å². The Labute approximate surface area is 164 Å². The molecule has 0 aliphatic carbocycles. The summed E-state index contributed by atoms with van der Waals surface area (Å²) in [5.74, 6) is -0.225. The second-order valence-electron chi connectivity index (χ2n) is 6.64. The van der Waals surface area contributed by atoms with Crippen LogP contribution in [0.3, 0.4) is 0 Å². The average molecular weight is 371 g/mol. The molecule has 0 saturated carbocycles. The molecule has 0 fully saturated rings. The summed E-state index contributed by atoms with van der Waals surface area (Å²) in [5, 5.41) is 6.02. The number of carbonyl (C=O) groups is 2. The van der Waals surface area contributed by atoms with E-state index >= 15 is 0 Å². The lowest BCUT2D eigenvalue weighted by Crippen LogP contribution is -2.34. The van der Waals surface area contributed by atoms with Crippen LogP contribution in [0.1, 0.15) is 15.9 Å². The third-order valence-electron chi connectivity index (χ3n) is 4.82.